The molecule has 0 atom stereocenters. The van der Waals surface area contributed by atoms with Crippen molar-refractivity contribution in [3.8, 4) is 0 Å². The van der Waals surface area contributed by atoms with Crippen LogP contribution in [-0.2, 0) is 0 Å². The molecule has 0 aliphatic carbocycles. The van der Waals surface area contributed by atoms with Crippen LogP contribution in [0.15, 0.2) is 12.1 Å². The standard InChI is InChI=1S/C7H3ClF2INO2/c8-3-1-4(7(9)10)6(12(13)14)5(11)2-3/h1-2,7H. The van der Waals surface area contributed by atoms with Crippen molar-refractivity contribution in [2.24, 2.45) is 0 Å². The highest BCUT2D eigenvalue weighted by Gasteiger charge is 2.25. The van der Waals surface area contributed by atoms with Crippen LogP contribution in [0.25, 0.3) is 0 Å². The van der Waals surface area contributed by atoms with E-state index in [-0.39, 0.29) is 8.59 Å². The zero-order chi connectivity index (χ0) is 10.9. The zero-order valence-electron chi connectivity index (χ0n) is 6.51. The average molecular weight is 333 g/mol. The Morgan fingerprint density at radius 3 is 2.50 bits per heavy atom. The maximum Gasteiger partial charge on any atom is 0.291 e. The van der Waals surface area contributed by atoms with Gasteiger partial charge in [0.25, 0.3) is 12.1 Å². The molecule has 0 N–H and O–H groups in total. The largest absolute Gasteiger partial charge is 0.291 e. The number of benzene rings is 1. The maximum absolute atomic E-state index is 12.4. The Bertz CT molecular complexity index is 386. The number of nitrogens with zero attached hydrogens (tertiary/aromatic N) is 1. The van der Waals surface area contributed by atoms with E-state index in [2.05, 4.69) is 0 Å². The van der Waals surface area contributed by atoms with Crippen molar-refractivity contribution >= 4 is 39.9 Å². The lowest BCUT2D eigenvalue weighted by molar-refractivity contribution is -0.387. The summed E-state index contributed by atoms with van der Waals surface area (Å²) in [6.07, 6.45) is -2.90. The average Bonchev–Trinajstić information content (AvgIpc) is 2.01. The molecule has 0 amide bonds. The summed E-state index contributed by atoms with van der Waals surface area (Å²) in [5, 5.41) is 10.5. The molecule has 1 aromatic rings. The highest BCUT2D eigenvalue weighted by molar-refractivity contribution is 14.1. The molecule has 7 heteroatoms. The van der Waals surface area contributed by atoms with Gasteiger partial charge >= 0.3 is 0 Å². The zero-order valence-corrected chi connectivity index (χ0v) is 9.42. The predicted octanol–water partition coefficient (Wildman–Crippen LogP) is 3.79. The summed E-state index contributed by atoms with van der Waals surface area (Å²) in [6.45, 7) is 0. The van der Waals surface area contributed by atoms with E-state index in [1.165, 1.54) is 6.07 Å². The van der Waals surface area contributed by atoms with Crippen LogP contribution >= 0.6 is 34.2 Å². The monoisotopic (exact) mass is 333 g/mol. The van der Waals surface area contributed by atoms with Crippen LogP contribution in [0.1, 0.15) is 12.0 Å². The summed E-state index contributed by atoms with van der Waals surface area (Å²) in [4.78, 5) is 9.65. The van der Waals surface area contributed by atoms with E-state index >= 15 is 0 Å². The highest BCUT2D eigenvalue weighted by atomic mass is 127. The van der Waals surface area contributed by atoms with Crippen LogP contribution in [-0.4, -0.2) is 4.92 Å². The number of hydrogen-bond donors (Lipinski definition) is 0. The number of halogens is 4. The minimum atomic E-state index is -2.90. The van der Waals surface area contributed by atoms with Crippen molar-refractivity contribution in [3.05, 3.63) is 36.4 Å². The van der Waals surface area contributed by atoms with Gasteiger partial charge in [-0.05, 0) is 34.7 Å². The molecule has 76 valence electrons. The number of hydrogen-bond acceptors (Lipinski definition) is 2. The number of rotatable bonds is 2. The van der Waals surface area contributed by atoms with Crippen LogP contribution in [0.3, 0.4) is 0 Å². The van der Waals surface area contributed by atoms with Crippen LogP contribution in [0.2, 0.25) is 5.02 Å². The fourth-order valence-electron chi connectivity index (χ4n) is 0.945. The molecule has 0 radical (unpaired) electrons. The molecule has 0 unspecified atom stereocenters. The number of alkyl halides is 2. The Morgan fingerprint density at radius 1 is 1.50 bits per heavy atom. The van der Waals surface area contributed by atoms with Crippen LogP contribution < -0.4 is 0 Å². The Kier molecular flexibility index (Phi) is 3.59. The third-order valence-corrected chi connectivity index (χ3v) is 2.52. The second-order valence-corrected chi connectivity index (χ2v) is 3.98. The van der Waals surface area contributed by atoms with E-state index in [1.54, 1.807) is 22.6 Å². The van der Waals surface area contributed by atoms with Gasteiger partial charge in [-0.25, -0.2) is 8.78 Å². The lowest BCUT2D eigenvalue weighted by atomic mass is 10.2. The second-order valence-electron chi connectivity index (χ2n) is 2.38. The van der Waals surface area contributed by atoms with E-state index in [0.29, 0.717) is 0 Å². The van der Waals surface area contributed by atoms with Gasteiger partial charge in [0.2, 0.25) is 0 Å². The van der Waals surface area contributed by atoms with Crippen molar-refractivity contribution in [1.29, 1.82) is 0 Å². The predicted molar refractivity (Wildman–Crippen MR) is 55.8 cm³/mol. The molecule has 3 nitrogen and oxygen atoms in total. The molecule has 0 aliphatic rings. The van der Waals surface area contributed by atoms with Gasteiger partial charge in [0.15, 0.2) is 0 Å². The summed E-state index contributed by atoms with van der Waals surface area (Å²) in [7, 11) is 0. The van der Waals surface area contributed by atoms with Gasteiger partial charge < -0.3 is 0 Å². The summed E-state index contributed by atoms with van der Waals surface area (Å²) in [5.74, 6) is 0. The first-order valence-corrected chi connectivity index (χ1v) is 4.80. The smallest absolute Gasteiger partial charge is 0.258 e. The van der Waals surface area contributed by atoms with Gasteiger partial charge in [-0.15, -0.1) is 0 Å². The van der Waals surface area contributed by atoms with Gasteiger partial charge in [-0.3, -0.25) is 10.1 Å². The van der Waals surface area contributed by atoms with E-state index in [4.69, 9.17) is 11.6 Å². The first-order valence-electron chi connectivity index (χ1n) is 3.35. The Hall–Kier alpha value is -0.500. The molecule has 0 bridgehead atoms. The molecule has 1 aromatic carbocycles. The lowest BCUT2D eigenvalue weighted by Crippen LogP contribution is -1.98. The molecule has 0 fully saturated rings. The van der Waals surface area contributed by atoms with Gasteiger partial charge in [0.05, 0.1) is 14.1 Å². The topological polar surface area (TPSA) is 43.1 Å². The van der Waals surface area contributed by atoms with Crippen LogP contribution in [0.5, 0.6) is 0 Å². The van der Waals surface area contributed by atoms with Crippen molar-refractivity contribution in [2.75, 3.05) is 0 Å². The fourth-order valence-corrected chi connectivity index (χ4v) is 2.20. The molecule has 0 saturated carbocycles. The summed E-state index contributed by atoms with van der Waals surface area (Å²) >= 11 is 7.11. The van der Waals surface area contributed by atoms with E-state index in [9.17, 15) is 18.9 Å². The maximum atomic E-state index is 12.4. The van der Waals surface area contributed by atoms with Crippen LogP contribution in [0, 0.1) is 13.7 Å². The van der Waals surface area contributed by atoms with Crippen molar-refractivity contribution in [3.63, 3.8) is 0 Å². The SMILES string of the molecule is O=[N+]([O-])c1c(I)cc(Cl)cc1C(F)F. The second kappa shape index (κ2) is 4.35. The molecule has 0 aliphatic heterocycles. The van der Waals surface area contributed by atoms with Crippen LogP contribution in [0.4, 0.5) is 14.5 Å². The van der Waals surface area contributed by atoms with E-state index in [1.807, 2.05) is 0 Å². The minimum Gasteiger partial charge on any atom is -0.258 e. The molecular weight excluding hydrogens is 330 g/mol. The molecular formula is C7H3ClF2INO2. The first-order chi connectivity index (χ1) is 6.43. The lowest BCUT2D eigenvalue weighted by Gasteiger charge is -2.03. The summed E-state index contributed by atoms with van der Waals surface area (Å²) in [6, 6.07) is 2.18. The summed E-state index contributed by atoms with van der Waals surface area (Å²) < 4.78 is 24.9. The Balaban J connectivity index is 3.44. The Morgan fingerprint density at radius 2 is 2.07 bits per heavy atom. The Labute approximate surface area is 96.3 Å². The molecule has 0 aromatic heterocycles. The third kappa shape index (κ3) is 2.30. The van der Waals surface area contributed by atoms with Gasteiger partial charge in [0.1, 0.15) is 0 Å². The molecule has 1 rings (SSSR count). The van der Waals surface area contributed by atoms with E-state index < -0.39 is 22.6 Å². The quantitative estimate of drug-likeness (QED) is 0.469. The van der Waals surface area contributed by atoms with Gasteiger partial charge in [-0.1, -0.05) is 11.6 Å². The minimum absolute atomic E-state index is 0.0651. The van der Waals surface area contributed by atoms with Crippen molar-refractivity contribution < 1.29 is 13.7 Å². The van der Waals surface area contributed by atoms with E-state index in [0.717, 1.165) is 6.07 Å². The molecule has 14 heavy (non-hydrogen) atoms. The number of nitro groups is 1. The molecule has 0 saturated heterocycles. The first kappa shape index (κ1) is 11.6. The highest BCUT2D eigenvalue weighted by Crippen LogP contribution is 2.35. The molecule has 0 heterocycles. The fraction of sp³-hybridized carbons (Fsp3) is 0.143. The number of nitro benzene ring substituents is 1. The van der Waals surface area contributed by atoms with Crippen molar-refractivity contribution in [1.82, 2.24) is 0 Å². The van der Waals surface area contributed by atoms with Crippen molar-refractivity contribution in [2.45, 2.75) is 6.43 Å². The molecule has 0 spiro atoms. The van der Waals surface area contributed by atoms with Gasteiger partial charge in [0, 0.05) is 5.02 Å². The normalized spacial score (nSPS) is 10.6. The third-order valence-electron chi connectivity index (χ3n) is 1.48. The van der Waals surface area contributed by atoms with Gasteiger partial charge in [-0.2, -0.15) is 0 Å². The summed E-state index contributed by atoms with van der Waals surface area (Å²) in [5.41, 5.74) is -1.23.